The van der Waals surface area contributed by atoms with Gasteiger partial charge in [0, 0.05) is 18.9 Å². The van der Waals surface area contributed by atoms with E-state index in [1.807, 2.05) is 13.8 Å². The molecule has 0 heterocycles. The minimum absolute atomic E-state index is 0.0994. The van der Waals surface area contributed by atoms with Crippen LogP contribution in [0.25, 0.3) is 0 Å². The molecular weight excluding hydrogens is 176 g/mol. The lowest BCUT2D eigenvalue weighted by atomic mass is 9.90. The van der Waals surface area contributed by atoms with Crippen molar-refractivity contribution in [1.82, 2.24) is 0 Å². The fourth-order valence-electron chi connectivity index (χ4n) is 1.51. The molecule has 0 aromatic rings. The molecule has 0 bridgehead atoms. The predicted octanol–water partition coefficient (Wildman–Crippen LogP) is 2.91. The fraction of sp³-hybridized carbons (Fsp3) is 0.917. The summed E-state index contributed by atoms with van der Waals surface area (Å²) in [4.78, 5) is 11.8. The second-order valence-electron chi connectivity index (χ2n) is 4.68. The van der Waals surface area contributed by atoms with Crippen LogP contribution >= 0.6 is 0 Å². The maximum Gasteiger partial charge on any atom is 0.140 e. The summed E-state index contributed by atoms with van der Waals surface area (Å²) >= 11 is 0. The summed E-state index contributed by atoms with van der Waals surface area (Å²) < 4.78 is 5.09. The summed E-state index contributed by atoms with van der Waals surface area (Å²) in [5.74, 6) is 1.23. The molecule has 2 heteroatoms. The smallest absolute Gasteiger partial charge is 0.140 e. The molecule has 0 rings (SSSR count). The van der Waals surface area contributed by atoms with Crippen LogP contribution in [-0.4, -0.2) is 19.5 Å². The van der Waals surface area contributed by atoms with Crippen molar-refractivity contribution in [3.63, 3.8) is 0 Å². The van der Waals surface area contributed by atoms with Gasteiger partial charge in [-0.3, -0.25) is 4.79 Å². The van der Waals surface area contributed by atoms with E-state index >= 15 is 0 Å². The highest BCUT2D eigenvalue weighted by molar-refractivity contribution is 5.82. The summed E-state index contributed by atoms with van der Waals surface area (Å²) in [6, 6.07) is 0. The number of carbonyl (C=O) groups excluding carboxylic acids is 1. The lowest BCUT2D eigenvalue weighted by molar-refractivity contribution is -0.127. The Morgan fingerprint density at radius 1 is 1.14 bits per heavy atom. The highest BCUT2D eigenvalue weighted by Gasteiger charge is 2.20. The molecule has 1 atom stereocenters. The lowest BCUT2D eigenvalue weighted by Gasteiger charge is -2.17. The molecule has 0 saturated carbocycles. The van der Waals surface area contributed by atoms with Gasteiger partial charge in [-0.1, -0.05) is 34.1 Å². The van der Waals surface area contributed by atoms with Crippen LogP contribution < -0.4 is 0 Å². The molecule has 14 heavy (non-hydrogen) atoms. The van der Waals surface area contributed by atoms with Crippen LogP contribution in [0.2, 0.25) is 0 Å². The van der Waals surface area contributed by atoms with Crippen LogP contribution in [-0.2, 0) is 9.53 Å². The molecule has 0 N–H and O–H groups in total. The largest absolute Gasteiger partial charge is 0.384 e. The van der Waals surface area contributed by atoms with Gasteiger partial charge in [-0.15, -0.1) is 0 Å². The van der Waals surface area contributed by atoms with Gasteiger partial charge in [0.25, 0.3) is 0 Å². The number of hydrogen-bond donors (Lipinski definition) is 0. The Bertz CT molecular complexity index is 162. The molecule has 1 unspecified atom stereocenters. The first-order valence-corrected chi connectivity index (χ1v) is 5.51. The Kier molecular flexibility index (Phi) is 6.81. The standard InChI is InChI=1S/C12H24O2/c1-9(2)6-7-11(8-14-5)12(13)10(3)4/h9-11H,6-8H2,1-5H3. The van der Waals surface area contributed by atoms with Crippen molar-refractivity contribution in [1.29, 1.82) is 0 Å². The molecule has 0 aliphatic carbocycles. The summed E-state index contributed by atoms with van der Waals surface area (Å²) in [6.45, 7) is 8.86. The second-order valence-corrected chi connectivity index (χ2v) is 4.68. The number of Topliss-reactive ketones (excluding diaryl/α,β-unsaturated/α-hetero) is 1. The van der Waals surface area contributed by atoms with Crippen LogP contribution in [0.15, 0.2) is 0 Å². The third kappa shape index (κ3) is 5.38. The molecule has 84 valence electrons. The van der Waals surface area contributed by atoms with E-state index in [9.17, 15) is 4.79 Å². The first kappa shape index (κ1) is 13.6. The van der Waals surface area contributed by atoms with E-state index in [0.717, 1.165) is 12.8 Å². The molecule has 0 aliphatic rings. The van der Waals surface area contributed by atoms with Crippen LogP contribution in [0.3, 0.4) is 0 Å². The summed E-state index contributed by atoms with van der Waals surface area (Å²) in [5, 5.41) is 0. The molecule has 0 spiro atoms. The van der Waals surface area contributed by atoms with Gasteiger partial charge in [0.15, 0.2) is 0 Å². The van der Waals surface area contributed by atoms with Crippen molar-refractivity contribution < 1.29 is 9.53 Å². The summed E-state index contributed by atoms with van der Waals surface area (Å²) in [6.07, 6.45) is 2.06. The summed E-state index contributed by atoms with van der Waals surface area (Å²) in [7, 11) is 1.66. The van der Waals surface area contributed by atoms with E-state index in [0.29, 0.717) is 18.3 Å². The predicted molar refractivity (Wildman–Crippen MR) is 59.3 cm³/mol. The van der Waals surface area contributed by atoms with E-state index in [1.165, 1.54) is 0 Å². The minimum atomic E-state index is 0.0994. The third-order valence-electron chi connectivity index (χ3n) is 2.43. The first-order chi connectivity index (χ1) is 6.49. The molecule has 0 aromatic carbocycles. The van der Waals surface area contributed by atoms with Crippen LogP contribution in [0.1, 0.15) is 40.5 Å². The number of carbonyl (C=O) groups is 1. The lowest BCUT2D eigenvalue weighted by Crippen LogP contribution is -2.24. The van der Waals surface area contributed by atoms with Gasteiger partial charge in [-0.05, 0) is 12.3 Å². The maximum absolute atomic E-state index is 11.8. The highest BCUT2D eigenvalue weighted by atomic mass is 16.5. The Morgan fingerprint density at radius 2 is 1.71 bits per heavy atom. The van der Waals surface area contributed by atoms with Gasteiger partial charge >= 0.3 is 0 Å². The number of rotatable bonds is 7. The van der Waals surface area contributed by atoms with Crippen molar-refractivity contribution >= 4 is 5.78 Å². The second kappa shape index (κ2) is 6.99. The van der Waals surface area contributed by atoms with E-state index in [1.54, 1.807) is 7.11 Å². The summed E-state index contributed by atoms with van der Waals surface area (Å²) in [5.41, 5.74) is 0. The Hall–Kier alpha value is -0.370. The number of hydrogen-bond acceptors (Lipinski definition) is 2. The van der Waals surface area contributed by atoms with E-state index < -0.39 is 0 Å². The molecule has 2 nitrogen and oxygen atoms in total. The van der Waals surface area contributed by atoms with Crippen molar-refractivity contribution in [2.45, 2.75) is 40.5 Å². The zero-order valence-corrected chi connectivity index (χ0v) is 10.2. The zero-order valence-electron chi connectivity index (χ0n) is 10.2. The van der Waals surface area contributed by atoms with Crippen LogP contribution in [0.5, 0.6) is 0 Å². The Morgan fingerprint density at radius 3 is 2.07 bits per heavy atom. The SMILES string of the molecule is COCC(CCC(C)C)C(=O)C(C)C. The Balaban J connectivity index is 4.07. The maximum atomic E-state index is 11.8. The molecule has 0 saturated heterocycles. The quantitative estimate of drug-likeness (QED) is 0.631. The van der Waals surface area contributed by atoms with Gasteiger partial charge < -0.3 is 4.74 Å². The van der Waals surface area contributed by atoms with Crippen LogP contribution in [0.4, 0.5) is 0 Å². The normalized spacial score (nSPS) is 13.6. The van der Waals surface area contributed by atoms with E-state index in [4.69, 9.17) is 4.74 Å². The van der Waals surface area contributed by atoms with Crippen molar-refractivity contribution in [2.24, 2.45) is 17.8 Å². The number of methoxy groups -OCH3 is 1. The minimum Gasteiger partial charge on any atom is -0.384 e. The average Bonchev–Trinajstić information content (AvgIpc) is 2.10. The van der Waals surface area contributed by atoms with Gasteiger partial charge in [-0.2, -0.15) is 0 Å². The number of ketones is 1. The molecule has 0 amide bonds. The van der Waals surface area contributed by atoms with Crippen molar-refractivity contribution in [2.75, 3.05) is 13.7 Å². The molecule has 0 radical (unpaired) electrons. The average molecular weight is 200 g/mol. The van der Waals surface area contributed by atoms with Gasteiger partial charge in [0.05, 0.1) is 6.61 Å². The molecule has 0 aromatic heterocycles. The zero-order chi connectivity index (χ0) is 11.1. The Labute approximate surface area is 88.0 Å². The fourth-order valence-corrected chi connectivity index (χ4v) is 1.51. The van der Waals surface area contributed by atoms with E-state index in [2.05, 4.69) is 13.8 Å². The van der Waals surface area contributed by atoms with Crippen LogP contribution in [0, 0.1) is 17.8 Å². The third-order valence-corrected chi connectivity index (χ3v) is 2.43. The van der Waals surface area contributed by atoms with Gasteiger partial charge in [0.1, 0.15) is 5.78 Å². The monoisotopic (exact) mass is 200 g/mol. The molecule has 0 fully saturated rings. The topological polar surface area (TPSA) is 26.3 Å². The first-order valence-electron chi connectivity index (χ1n) is 5.51. The van der Waals surface area contributed by atoms with E-state index in [-0.39, 0.29) is 11.8 Å². The number of ether oxygens (including phenoxy) is 1. The van der Waals surface area contributed by atoms with Crippen molar-refractivity contribution in [3.05, 3.63) is 0 Å². The van der Waals surface area contributed by atoms with Gasteiger partial charge in [0.2, 0.25) is 0 Å². The molecular formula is C12H24O2. The van der Waals surface area contributed by atoms with Gasteiger partial charge in [-0.25, -0.2) is 0 Å². The van der Waals surface area contributed by atoms with Crippen molar-refractivity contribution in [3.8, 4) is 0 Å². The molecule has 0 aliphatic heterocycles. The highest BCUT2D eigenvalue weighted by Crippen LogP contribution is 2.17.